The number of hydrogen-bond acceptors (Lipinski definition) is 2. The Labute approximate surface area is 126 Å². The van der Waals surface area contributed by atoms with Crippen LogP contribution in [0.15, 0.2) is 18.2 Å². The molecule has 0 bridgehead atoms. The Morgan fingerprint density at radius 1 is 1.10 bits per heavy atom. The zero-order chi connectivity index (χ0) is 15.4. The molecule has 0 aromatic heterocycles. The Morgan fingerprint density at radius 3 is 2.19 bits per heavy atom. The van der Waals surface area contributed by atoms with Crippen LogP contribution in [-0.2, 0) is 0 Å². The first-order chi connectivity index (χ1) is 10.0. The molecule has 0 saturated carbocycles. The van der Waals surface area contributed by atoms with Crippen LogP contribution in [0.3, 0.4) is 0 Å². The molecule has 0 amide bonds. The second kappa shape index (κ2) is 7.32. The van der Waals surface area contributed by atoms with Crippen LogP contribution in [0.1, 0.15) is 45.2 Å². The first-order valence-electron chi connectivity index (χ1n) is 7.92. The minimum Gasteiger partial charge on any atom is -0.308 e. The molecule has 2 unspecified atom stereocenters. The molecule has 1 aliphatic rings. The highest BCUT2D eigenvalue weighted by Gasteiger charge is 2.25. The summed E-state index contributed by atoms with van der Waals surface area (Å²) in [7, 11) is 0. The molecule has 118 valence electrons. The lowest BCUT2D eigenvalue weighted by molar-refractivity contribution is 0.182. The van der Waals surface area contributed by atoms with E-state index >= 15 is 0 Å². The van der Waals surface area contributed by atoms with Crippen molar-refractivity contribution in [3.05, 3.63) is 35.4 Å². The second-order valence-corrected chi connectivity index (χ2v) is 6.32. The van der Waals surface area contributed by atoms with Crippen LogP contribution in [0.25, 0.3) is 0 Å². The van der Waals surface area contributed by atoms with E-state index in [0.29, 0.717) is 12.0 Å². The predicted molar refractivity (Wildman–Crippen MR) is 82.2 cm³/mol. The van der Waals surface area contributed by atoms with E-state index in [4.69, 9.17) is 0 Å². The molecule has 21 heavy (non-hydrogen) atoms. The van der Waals surface area contributed by atoms with Crippen molar-refractivity contribution in [2.45, 2.75) is 45.7 Å². The normalized spacial score (nSPS) is 19.1. The van der Waals surface area contributed by atoms with Gasteiger partial charge in [0.1, 0.15) is 11.6 Å². The van der Waals surface area contributed by atoms with Gasteiger partial charge in [0, 0.05) is 24.2 Å². The number of halogens is 2. The lowest BCUT2D eigenvalue weighted by Crippen LogP contribution is -2.44. The second-order valence-electron chi connectivity index (χ2n) is 6.32. The quantitative estimate of drug-likeness (QED) is 0.860. The van der Waals surface area contributed by atoms with Gasteiger partial charge in [0.25, 0.3) is 0 Å². The van der Waals surface area contributed by atoms with Gasteiger partial charge in [-0.2, -0.15) is 0 Å². The van der Waals surface area contributed by atoms with Crippen LogP contribution in [0.5, 0.6) is 0 Å². The molecule has 1 saturated heterocycles. The number of benzene rings is 1. The van der Waals surface area contributed by atoms with E-state index in [1.54, 1.807) is 0 Å². The molecule has 0 aliphatic carbocycles. The molecule has 4 heteroatoms. The molecule has 1 aromatic rings. The van der Waals surface area contributed by atoms with Gasteiger partial charge in [-0.15, -0.1) is 0 Å². The third-order valence-electron chi connectivity index (χ3n) is 4.45. The lowest BCUT2D eigenvalue weighted by Gasteiger charge is -2.32. The summed E-state index contributed by atoms with van der Waals surface area (Å²) in [6, 6.07) is 4.13. The maximum atomic E-state index is 13.8. The number of nitrogens with zero attached hydrogens (tertiary/aromatic N) is 1. The fraction of sp³-hybridized carbons (Fsp3) is 0.647. The summed E-state index contributed by atoms with van der Waals surface area (Å²) in [6.07, 6.45) is 2.50. The van der Waals surface area contributed by atoms with Crippen molar-refractivity contribution in [3.63, 3.8) is 0 Å². The van der Waals surface area contributed by atoms with Crippen molar-refractivity contribution in [1.82, 2.24) is 10.2 Å². The minimum absolute atomic E-state index is 0.140. The fourth-order valence-electron chi connectivity index (χ4n) is 3.18. The van der Waals surface area contributed by atoms with E-state index in [1.807, 2.05) is 6.92 Å². The highest BCUT2D eigenvalue weighted by molar-refractivity contribution is 5.22. The van der Waals surface area contributed by atoms with Gasteiger partial charge < -0.3 is 5.32 Å². The molecule has 2 rings (SSSR count). The van der Waals surface area contributed by atoms with Crippen molar-refractivity contribution in [2.75, 3.05) is 19.6 Å². The smallest absolute Gasteiger partial charge is 0.130 e. The third-order valence-corrected chi connectivity index (χ3v) is 4.45. The van der Waals surface area contributed by atoms with Crippen LogP contribution < -0.4 is 5.32 Å². The van der Waals surface area contributed by atoms with Crippen LogP contribution in [0, 0.1) is 17.6 Å². The molecular formula is C17H26F2N2. The van der Waals surface area contributed by atoms with Crippen LogP contribution >= 0.6 is 0 Å². The summed E-state index contributed by atoms with van der Waals surface area (Å²) < 4.78 is 27.6. The first-order valence-corrected chi connectivity index (χ1v) is 7.92. The highest BCUT2D eigenvalue weighted by Crippen LogP contribution is 2.22. The van der Waals surface area contributed by atoms with Gasteiger partial charge in [0.05, 0.1) is 0 Å². The molecule has 2 nitrogen and oxygen atoms in total. The van der Waals surface area contributed by atoms with Crippen molar-refractivity contribution in [2.24, 2.45) is 5.92 Å². The monoisotopic (exact) mass is 296 g/mol. The number of rotatable bonds is 6. The molecular weight excluding hydrogens is 270 g/mol. The number of hydrogen-bond donors (Lipinski definition) is 1. The Bertz CT molecular complexity index is 436. The summed E-state index contributed by atoms with van der Waals surface area (Å²) in [5.74, 6) is -0.428. The molecule has 1 aliphatic heterocycles. The molecule has 1 aromatic carbocycles. The maximum absolute atomic E-state index is 13.8. The standard InChI is InChI=1S/C17H26F2N2/c1-12(2)16(21-9-4-5-10-21)11-20-13(3)17-14(18)7-6-8-15(17)19/h6-8,12-13,16,20H,4-5,9-11H2,1-3H3. The fourth-order valence-corrected chi connectivity index (χ4v) is 3.18. The summed E-state index contributed by atoms with van der Waals surface area (Å²) in [6.45, 7) is 9.26. The summed E-state index contributed by atoms with van der Waals surface area (Å²) in [5.41, 5.74) is 0.140. The van der Waals surface area contributed by atoms with Gasteiger partial charge in [-0.1, -0.05) is 19.9 Å². The van der Waals surface area contributed by atoms with Gasteiger partial charge in [0.2, 0.25) is 0 Å². The lowest BCUT2D eigenvalue weighted by atomic mass is 10.0. The van der Waals surface area contributed by atoms with Crippen molar-refractivity contribution in [3.8, 4) is 0 Å². The van der Waals surface area contributed by atoms with Gasteiger partial charge in [-0.25, -0.2) is 8.78 Å². The summed E-state index contributed by atoms with van der Waals surface area (Å²) in [4.78, 5) is 2.49. The zero-order valence-corrected chi connectivity index (χ0v) is 13.2. The van der Waals surface area contributed by atoms with Crippen LogP contribution in [0.2, 0.25) is 0 Å². The average Bonchev–Trinajstić information content (AvgIpc) is 2.92. The SMILES string of the molecule is CC(NCC(C(C)C)N1CCCC1)c1c(F)cccc1F. The molecule has 2 atom stereocenters. The topological polar surface area (TPSA) is 15.3 Å². The largest absolute Gasteiger partial charge is 0.308 e. The maximum Gasteiger partial charge on any atom is 0.130 e. The summed E-state index contributed by atoms with van der Waals surface area (Å²) in [5, 5.41) is 3.32. The van der Waals surface area contributed by atoms with Crippen molar-refractivity contribution in [1.29, 1.82) is 0 Å². The highest BCUT2D eigenvalue weighted by atomic mass is 19.1. The van der Waals surface area contributed by atoms with E-state index < -0.39 is 11.6 Å². The third kappa shape index (κ3) is 4.01. The van der Waals surface area contributed by atoms with Gasteiger partial charge in [-0.05, 0) is 50.9 Å². The first kappa shape index (κ1) is 16.4. The predicted octanol–water partition coefficient (Wildman–Crippen LogP) is 3.74. The Hall–Kier alpha value is -1.00. The molecule has 0 radical (unpaired) electrons. The number of likely N-dealkylation sites (tertiary alicyclic amines) is 1. The minimum atomic E-state index is -0.475. The van der Waals surface area contributed by atoms with Gasteiger partial charge >= 0.3 is 0 Å². The average molecular weight is 296 g/mol. The molecule has 1 N–H and O–H groups in total. The van der Waals surface area contributed by atoms with Crippen LogP contribution in [-0.4, -0.2) is 30.6 Å². The van der Waals surface area contributed by atoms with E-state index in [0.717, 1.165) is 19.6 Å². The van der Waals surface area contributed by atoms with E-state index in [-0.39, 0.29) is 11.6 Å². The van der Waals surface area contributed by atoms with Crippen LogP contribution in [0.4, 0.5) is 8.78 Å². The van der Waals surface area contributed by atoms with E-state index in [2.05, 4.69) is 24.1 Å². The van der Waals surface area contributed by atoms with E-state index in [9.17, 15) is 8.78 Å². The number of nitrogens with one attached hydrogen (secondary N) is 1. The Kier molecular flexibility index (Phi) is 5.71. The Morgan fingerprint density at radius 2 is 1.67 bits per heavy atom. The van der Waals surface area contributed by atoms with Gasteiger partial charge in [0.15, 0.2) is 0 Å². The Balaban J connectivity index is 2.00. The van der Waals surface area contributed by atoms with Gasteiger partial charge in [-0.3, -0.25) is 4.90 Å². The van der Waals surface area contributed by atoms with E-state index in [1.165, 1.54) is 31.0 Å². The van der Waals surface area contributed by atoms with Crippen molar-refractivity contribution < 1.29 is 8.78 Å². The van der Waals surface area contributed by atoms with Crippen molar-refractivity contribution >= 4 is 0 Å². The molecule has 1 fully saturated rings. The summed E-state index contributed by atoms with van der Waals surface area (Å²) >= 11 is 0. The molecule has 1 heterocycles. The molecule has 0 spiro atoms. The zero-order valence-electron chi connectivity index (χ0n) is 13.2.